The van der Waals surface area contributed by atoms with Crippen LogP contribution in [-0.4, -0.2) is 49.3 Å². The van der Waals surface area contributed by atoms with Gasteiger partial charge in [0.1, 0.15) is 0 Å². The van der Waals surface area contributed by atoms with Gasteiger partial charge >= 0.3 is 0 Å². The SMILES string of the molecule is CCC1COC(C)CN1CCNC1CCCCC1C. The molecular weight excluding hydrogens is 236 g/mol. The number of hydrogen-bond donors (Lipinski definition) is 1. The highest BCUT2D eigenvalue weighted by molar-refractivity contribution is 4.81. The lowest BCUT2D eigenvalue weighted by atomic mass is 9.86. The summed E-state index contributed by atoms with van der Waals surface area (Å²) in [4.78, 5) is 2.62. The summed E-state index contributed by atoms with van der Waals surface area (Å²) < 4.78 is 5.76. The summed E-state index contributed by atoms with van der Waals surface area (Å²) in [7, 11) is 0. The molecule has 0 aromatic carbocycles. The first-order valence-corrected chi connectivity index (χ1v) is 8.29. The Kier molecular flexibility index (Phi) is 6.11. The van der Waals surface area contributed by atoms with E-state index >= 15 is 0 Å². The molecule has 0 aromatic heterocycles. The summed E-state index contributed by atoms with van der Waals surface area (Å²) in [5.74, 6) is 0.860. The van der Waals surface area contributed by atoms with Crippen molar-refractivity contribution in [3.05, 3.63) is 0 Å². The van der Waals surface area contributed by atoms with Crippen molar-refractivity contribution in [2.75, 3.05) is 26.2 Å². The van der Waals surface area contributed by atoms with Gasteiger partial charge in [-0.3, -0.25) is 4.90 Å². The van der Waals surface area contributed by atoms with Crippen molar-refractivity contribution < 1.29 is 4.74 Å². The molecule has 4 atom stereocenters. The van der Waals surface area contributed by atoms with E-state index in [1.54, 1.807) is 0 Å². The van der Waals surface area contributed by atoms with Gasteiger partial charge < -0.3 is 10.1 Å². The Morgan fingerprint density at radius 1 is 1.21 bits per heavy atom. The summed E-state index contributed by atoms with van der Waals surface area (Å²) in [6.45, 7) is 11.2. The monoisotopic (exact) mass is 268 g/mol. The average Bonchev–Trinajstić information content (AvgIpc) is 2.41. The van der Waals surface area contributed by atoms with Crippen molar-refractivity contribution in [3.8, 4) is 0 Å². The Labute approximate surface area is 119 Å². The second kappa shape index (κ2) is 7.61. The van der Waals surface area contributed by atoms with Crippen LogP contribution in [0, 0.1) is 5.92 Å². The molecule has 0 radical (unpaired) electrons. The van der Waals surface area contributed by atoms with Crippen molar-refractivity contribution in [2.45, 2.75) is 71.1 Å². The molecule has 1 heterocycles. The maximum atomic E-state index is 5.76. The third kappa shape index (κ3) is 4.44. The fourth-order valence-electron chi connectivity index (χ4n) is 3.58. The zero-order valence-electron chi connectivity index (χ0n) is 13.0. The van der Waals surface area contributed by atoms with Gasteiger partial charge in [-0.2, -0.15) is 0 Å². The average molecular weight is 268 g/mol. The fourth-order valence-corrected chi connectivity index (χ4v) is 3.58. The van der Waals surface area contributed by atoms with E-state index in [0.717, 1.165) is 31.7 Å². The Hall–Kier alpha value is -0.120. The molecule has 3 heteroatoms. The van der Waals surface area contributed by atoms with Crippen molar-refractivity contribution in [2.24, 2.45) is 5.92 Å². The van der Waals surface area contributed by atoms with E-state index in [1.165, 1.54) is 38.6 Å². The van der Waals surface area contributed by atoms with Crippen LogP contribution >= 0.6 is 0 Å². The lowest BCUT2D eigenvalue weighted by molar-refractivity contribution is -0.0554. The molecule has 0 bridgehead atoms. The van der Waals surface area contributed by atoms with E-state index in [2.05, 4.69) is 31.0 Å². The highest BCUT2D eigenvalue weighted by Gasteiger charge is 2.26. The standard InChI is InChI=1S/C16H32N2O/c1-4-15-12-19-14(3)11-18(15)10-9-17-16-8-6-5-7-13(16)2/h13-17H,4-12H2,1-3H3. The summed E-state index contributed by atoms with van der Waals surface area (Å²) in [5, 5.41) is 3.80. The van der Waals surface area contributed by atoms with E-state index in [1.807, 2.05) is 0 Å². The smallest absolute Gasteiger partial charge is 0.0674 e. The van der Waals surface area contributed by atoms with Crippen molar-refractivity contribution in [3.63, 3.8) is 0 Å². The Balaban J connectivity index is 1.71. The minimum atomic E-state index is 0.399. The van der Waals surface area contributed by atoms with Gasteiger partial charge in [0.15, 0.2) is 0 Å². The molecule has 4 unspecified atom stereocenters. The predicted molar refractivity (Wildman–Crippen MR) is 80.5 cm³/mol. The van der Waals surface area contributed by atoms with Gasteiger partial charge in [0.25, 0.3) is 0 Å². The molecule has 3 nitrogen and oxygen atoms in total. The van der Waals surface area contributed by atoms with Crippen molar-refractivity contribution in [1.29, 1.82) is 0 Å². The first-order chi connectivity index (χ1) is 9.20. The highest BCUT2D eigenvalue weighted by atomic mass is 16.5. The summed E-state index contributed by atoms with van der Waals surface area (Å²) in [6.07, 6.45) is 7.22. The molecule has 2 aliphatic rings. The van der Waals surface area contributed by atoms with Crippen LogP contribution < -0.4 is 5.32 Å². The molecule has 1 aliphatic carbocycles. The molecule has 1 saturated heterocycles. The lowest BCUT2D eigenvalue weighted by Crippen LogP contribution is -2.51. The molecule has 0 spiro atoms. The lowest BCUT2D eigenvalue weighted by Gasteiger charge is -2.39. The summed E-state index contributed by atoms with van der Waals surface area (Å²) in [6, 6.07) is 1.38. The zero-order chi connectivity index (χ0) is 13.7. The number of morpholine rings is 1. The first kappa shape index (κ1) is 15.3. The van der Waals surface area contributed by atoms with E-state index in [-0.39, 0.29) is 0 Å². The van der Waals surface area contributed by atoms with Gasteiger partial charge in [0.2, 0.25) is 0 Å². The van der Waals surface area contributed by atoms with Crippen LogP contribution in [0.2, 0.25) is 0 Å². The second-order valence-electron chi connectivity index (χ2n) is 6.52. The molecule has 2 rings (SSSR count). The zero-order valence-corrected chi connectivity index (χ0v) is 13.0. The molecule has 2 fully saturated rings. The number of ether oxygens (including phenoxy) is 1. The van der Waals surface area contributed by atoms with Gasteiger partial charge in [-0.1, -0.05) is 26.7 Å². The van der Waals surface area contributed by atoms with Crippen LogP contribution in [0.3, 0.4) is 0 Å². The third-order valence-electron chi connectivity index (χ3n) is 4.97. The molecule has 0 amide bonds. The molecule has 0 aromatic rings. The van der Waals surface area contributed by atoms with Crippen LogP contribution in [0.25, 0.3) is 0 Å². The molecule has 1 saturated carbocycles. The van der Waals surface area contributed by atoms with E-state index in [9.17, 15) is 0 Å². The molecule has 19 heavy (non-hydrogen) atoms. The Morgan fingerprint density at radius 2 is 2.00 bits per heavy atom. The molecular formula is C16H32N2O. The molecule has 112 valence electrons. The molecule has 1 N–H and O–H groups in total. The first-order valence-electron chi connectivity index (χ1n) is 8.29. The quantitative estimate of drug-likeness (QED) is 0.829. The van der Waals surface area contributed by atoms with Crippen molar-refractivity contribution >= 4 is 0 Å². The Morgan fingerprint density at radius 3 is 2.74 bits per heavy atom. The van der Waals surface area contributed by atoms with E-state index < -0.39 is 0 Å². The van der Waals surface area contributed by atoms with Crippen molar-refractivity contribution in [1.82, 2.24) is 10.2 Å². The van der Waals surface area contributed by atoms with Gasteiger partial charge in [-0.15, -0.1) is 0 Å². The number of hydrogen-bond acceptors (Lipinski definition) is 3. The number of nitrogens with one attached hydrogen (secondary N) is 1. The van der Waals surface area contributed by atoms with Crippen LogP contribution in [0.1, 0.15) is 52.9 Å². The van der Waals surface area contributed by atoms with Crippen LogP contribution in [0.4, 0.5) is 0 Å². The van der Waals surface area contributed by atoms with Gasteiger partial charge in [0, 0.05) is 31.7 Å². The number of rotatable bonds is 5. The minimum absolute atomic E-state index is 0.399. The number of nitrogens with zero attached hydrogens (tertiary/aromatic N) is 1. The van der Waals surface area contributed by atoms with E-state index in [4.69, 9.17) is 4.74 Å². The normalized spacial score (nSPS) is 37.4. The second-order valence-corrected chi connectivity index (χ2v) is 6.52. The predicted octanol–water partition coefficient (Wildman–Crippen LogP) is 2.65. The largest absolute Gasteiger partial charge is 0.376 e. The van der Waals surface area contributed by atoms with E-state index in [0.29, 0.717) is 12.1 Å². The maximum Gasteiger partial charge on any atom is 0.0674 e. The fraction of sp³-hybridized carbons (Fsp3) is 1.00. The van der Waals surface area contributed by atoms with Crippen LogP contribution in [0.15, 0.2) is 0 Å². The minimum Gasteiger partial charge on any atom is -0.376 e. The molecule has 1 aliphatic heterocycles. The highest BCUT2D eigenvalue weighted by Crippen LogP contribution is 2.23. The summed E-state index contributed by atoms with van der Waals surface area (Å²) in [5.41, 5.74) is 0. The van der Waals surface area contributed by atoms with Crippen LogP contribution in [-0.2, 0) is 4.74 Å². The topological polar surface area (TPSA) is 24.5 Å². The van der Waals surface area contributed by atoms with Gasteiger partial charge in [0.05, 0.1) is 12.7 Å². The summed E-state index contributed by atoms with van der Waals surface area (Å²) >= 11 is 0. The Bertz CT molecular complexity index is 259. The van der Waals surface area contributed by atoms with Gasteiger partial charge in [-0.25, -0.2) is 0 Å². The van der Waals surface area contributed by atoms with Crippen LogP contribution in [0.5, 0.6) is 0 Å². The van der Waals surface area contributed by atoms with Gasteiger partial charge in [-0.05, 0) is 32.1 Å². The third-order valence-corrected chi connectivity index (χ3v) is 4.97. The maximum absolute atomic E-state index is 5.76.